The van der Waals surface area contributed by atoms with E-state index >= 15 is 0 Å². The second kappa shape index (κ2) is 6.29. The molecule has 1 aromatic carbocycles. The Morgan fingerprint density at radius 3 is 2.65 bits per heavy atom. The Bertz CT molecular complexity index is 872. The van der Waals surface area contributed by atoms with E-state index in [1.54, 1.807) is 10.8 Å². The van der Waals surface area contributed by atoms with E-state index < -0.39 is 0 Å². The quantitative estimate of drug-likeness (QED) is 0.628. The molecule has 3 N–H and O–H groups in total. The predicted molar refractivity (Wildman–Crippen MR) is 92.5 cm³/mol. The summed E-state index contributed by atoms with van der Waals surface area (Å²) < 4.78 is 1.70. The first-order chi connectivity index (χ1) is 11.1. The third-order valence-corrected chi connectivity index (χ3v) is 3.44. The Balaban J connectivity index is 2.02. The maximum absolute atomic E-state index is 10.2. The molecule has 23 heavy (non-hydrogen) atoms. The third-order valence-electron chi connectivity index (χ3n) is 3.44. The topological polar surface area (TPSA) is 64.1 Å². The lowest BCUT2D eigenvalue weighted by atomic mass is 10.1. The molecule has 1 heterocycles. The molecule has 4 nitrogen and oxygen atoms in total. The molecule has 0 saturated heterocycles. The number of aromatic nitrogens is 2. The minimum Gasteiger partial charge on any atom is -0.507 e. The van der Waals surface area contributed by atoms with Crippen LogP contribution in [0.1, 0.15) is 23.2 Å². The zero-order valence-electron chi connectivity index (χ0n) is 12.8. The van der Waals surface area contributed by atoms with Crippen molar-refractivity contribution in [3.8, 4) is 11.8 Å². The molecule has 0 amide bonds. The van der Waals surface area contributed by atoms with E-state index in [9.17, 15) is 5.11 Å². The Kier molecular flexibility index (Phi) is 4.03. The van der Waals surface area contributed by atoms with Crippen LogP contribution < -0.4 is 5.73 Å². The van der Waals surface area contributed by atoms with Gasteiger partial charge in [-0.15, -0.1) is 0 Å². The van der Waals surface area contributed by atoms with Crippen LogP contribution in [0.4, 0.5) is 5.69 Å². The number of nitrogens with zero attached hydrogens (tertiary/aromatic N) is 2. The standard InChI is InChI=1S/C19H17N3O/c1-22-13-15(10-7-14-8-11-16(20)12-9-14)19(21-22)17-5-3-2-4-6-18(17)23/h3-6,8-9,11-13,23H,2,20H2,1H3. The molecular formula is C19H17N3O. The number of hydrogen-bond donors (Lipinski definition) is 2. The lowest BCUT2D eigenvalue weighted by Gasteiger charge is -2.00. The summed E-state index contributed by atoms with van der Waals surface area (Å²) in [6.07, 6.45) is 10.1. The van der Waals surface area contributed by atoms with Crippen LogP contribution >= 0.6 is 0 Å². The highest BCUT2D eigenvalue weighted by atomic mass is 16.3. The van der Waals surface area contributed by atoms with Crippen molar-refractivity contribution in [1.82, 2.24) is 9.78 Å². The highest BCUT2D eigenvalue weighted by Gasteiger charge is 2.13. The second-order valence-electron chi connectivity index (χ2n) is 5.28. The van der Waals surface area contributed by atoms with Crippen molar-refractivity contribution in [2.45, 2.75) is 6.42 Å². The highest BCUT2D eigenvalue weighted by Crippen LogP contribution is 2.24. The Labute approximate surface area is 135 Å². The number of benzene rings is 1. The molecule has 1 aliphatic rings. The summed E-state index contributed by atoms with van der Waals surface area (Å²) in [5, 5.41) is 14.6. The van der Waals surface area contributed by atoms with Gasteiger partial charge in [0.25, 0.3) is 0 Å². The molecule has 4 heteroatoms. The van der Waals surface area contributed by atoms with Gasteiger partial charge in [0.1, 0.15) is 11.5 Å². The predicted octanol–water partition coefficient (Wildman–Crippen LogP) is 3.19. The molecule has 1 aliphatic carbocycles. The van der Waals surface area contributed by atoms with Crippen LogP contribution in [0.25, 0.3) is 5.57 Å². The summed E-state index contributed by atoms with van der Waals surface area (Å²) in [6.45, 7) is 0. The molecule has 3 rings (SSSR count). The Morgan fingerprint density at radius 2 is 1.87 bits per heavy atom. The summed E-state index contributed by atoms with van der Waals surface area (Å²) in [5.41, 5.74) is 9.40. The fourth-order valence-electron chi connectivity index (χ4n) is 2.30. The first-order valence-corrected chi connectivity index (χ1v) is 7.31. The van der Waals surface area contributed by atoms with Gasteiger partial charge in [-0.25, -0.2) is 0 Å². The maximum Gasteiger partial charge on any atom is 0.124 e. The van der Waals surface area contributed by atoms with Crippen molar-refractivity contribution in [2.24, 2.45) is 7.05 Å². The fraction of sp³-hybridized carbons (Fsp3) is 0.105. The van der Waals surface area contributed by atoms with Gasteiger partial charge in [-0.05, 0) is 36.8 Å². The number of aliphatic hydroxyl groups is 1. The van der Waals surface area contributed by atoms with Crippen LogP contribution in [-0.4, -0.2) is 14.9 Å². The van der Waals surface area contributed by atoms with Gasteiger partial charge in [0.05, 0.1) is 5.56 Å². The zero-order valence-corrected chi connectivity index (χ0v) is 12.8. The van der Waals surface area contributed by atoms with Crippen molar-refractivity contribution in [1.29, 1.82) is 0 Å². The normalized spacial score (nSPS) is 13.6. The highest BCUT2D eigenvalue weighted by molar-refractivity contribution is 5.78. The van der Waals surface area contributed by atoms with Gasteiger partial charge in [0, 0.05) is 30.1 Å². The second-order valence-corrected chi connectivity index (χ2v) is 5.28. The number of aliphatic hydroxyl groups excluding tert-OH is 1. The SMILES string of the molecule is Cn1cc(C#Cc2ccc(N)cc2)c(C2=C(O)C=CCC=C2)n1. The Hall–Kier alpha value is -3.19. The summed E-state index contributed by atoms with van der Waals surface area (Å²) in [5.74, 6) is 6.44. The fourth-order valence-corrected chi connectivity index (χ4v) is 2.30. The molecule has 0 atom stereocenters. The maximum atomic E-state index is 10.2. The summed E-state index contributed by atoms with van der Waals surface area (Å²) in [4.78, 5) is 0. The minimum atomic E-state index is 0.202. The van der Waals surface area contributed by atoms with Crippen LogP contribution in [0.15, 0.2) is 60.5 Å². The monoisotopic (exact) mass is 303 g/mol. The molecule has 0 spiro atoms. The molecule has 0 saturated carbocycles. The smallest absolute Gasteiger partial charge is 0.124 e. The van der Waals surface area contributed by atoms with Gasteiger partial charge in [-0.2, -0.15) is 5.10 Å². The van der Waals surface area contributed by atoms with Crippen LogP contribution in [-0.2, 0) is 7.05 Å². The number of anilines is 1. The molecular weight excluding hydrogens is 286 g/mol. The van der Waals surface area contributed by atoms with Gasteiger partial charge in [0.15, 0.2) is 0 Å². The number of nitrogen functional groups attached to an aromatic ring is 1. The van der Waals surface area contributed by atoms with E-state index in [4.69, 9.17) is 5.73 Å². The van der Waals surface area contributed by atoms with Crippen molar-refractivity contribution >= 4 is 11.3 Å². The van der Waals surface area contributed by atoms with E-state index in [0.29, 0.717) is 17.0 Å². The number of allylic oxidation sites excluding steroid dienone is 5. The number of aryl methyl sites for hydroxylation is 1. The van der Waals surface area contributed by atoms with Crippen molar-refractivity contribution in [3.63, 3.8) is 0 Å². The van der Waals surface area contributed by atoms with Crippen LogP contribution in [0.2, 0.25) is 0 Å². The lowest BCUT2D eigenvalue weighted by Crippen LogP contribution is -1.93. The molecule has 0 fully saturated rings. The van der Waals surface area contributed by atoms with E-state index in [-0.39, 0.29) is 5.76 Å². The van der Waals surface area contributed by atoms with Gasteiger partial charge in [-0.3, -0.25) is 4.68 Å². The van der Waals surface area contributed by atoms with E-state index in [1.807, 2.05) is 55.7 Å². The van der Waals surface area contributed by atoms with E-state index in [2.05, 4.69) is 16.9 Å². The van der Waals surface area contributed by atoms with E-state index in [1.165, 1.54) is 0 Å². The van der Waals surface area contributed by atoms with Gasteiger partial charge in [0.2, 0.25) is 0 Å². The van der Waals surface area contributed by atoms with Crippen LogP contribution in [0.3, 0.4) is 0 Å². The van der Waals surface area contributed by atoms with Crippen molar-refractivity contribution in [3.05, 3.63) is 77.3 Å². The summed E-state index contributed by atoms with van der Waals surface area (Å²) in [7, 11) is 1.84. The first-order valence-electron chi connectivity index (χ1n) is 7.31. The molecule has 114 valence electrons. The first kappa shape index (κ1) is 14.7. The van der Waals surface area contributed by atoms with Crippen LogP contribution in [0, 0.1) is 11.8 Å². The lowest BCUT2D eigenvalue weighted by molar-refractivity contribution is 0.435. The largest absolute Gasteiger partial charge is 0.507 e. The molecule has 0 radical (unpaired) electrons. The Morgan fingerprint density at radius 1 is 1.13 bits per heavy atom. The number of hydrogen-bond acceptors (Lipinski definition) is 3. The average molecular weight is 303 g/mol. The minimum absolute atomic E-state index is 0.202. The molecule has 1 aromatic heterocycles. The molecule has 0 aliphatic heterocycles. The summed E-state index contributed by atoms with van der Waals surface area (Å²) >= 11 is 0. The van der Waals surface area contributed by atoms with E-state index in [0.717, 1.165) is 17.5 Å². The molecule has 0 unspecified atom stereocenters. The number of nitrogens with two attached hydrogens (primary N) is 1. The van der Waals surface area contributed by atoms with Gasteiger partial charge >= 0.3 is 0 Å². The third kappa shape index (κ3) is 3.35. The number of rotatable bonds is 1. The van der Waals surface area contributed by atoms with Crippen molar-refractivity contribution < 1.29 is 5.11 Å². The van der Waals surface area contributed by atoms with Gasteiger partial charge < -0.3 is 10.8 Å². The molecule has 0 bridgehead atoms. The van der Waals surface area contributed by atoms with Crippen LogP contribution in [0.5, 0.6) is 0 Å². The zero-order chi connectivity index (χ0) is 16.2. The molecule has 2 aromatic rings. The average Bonchev–Trinajstić information content (AvgIpc) is 2.76. The van der Waals surface area contributed by atoms with Crippen molar-refractivity contribution in [2.75, 3.05) is 5.73 Å². The van der Waals surface area contributed by atoms with Gasteiger partial charge in [-0.1, -0.05) is 30.1 Å². The summed E-state index contributed by atoms with van der Waals surface area (Å²) in [6, 6.07) is 7.40.